The topological polar surface area (TPSA) is 122 Å². The molecule has 154 valence electrons. The summed E-state index contributed by atoms with van der Waals surface area (Å²) < 4.78 is 25.9. The quantitative estimate of drug-likeness (QED) is 0.513. The second kappa shape index (κ2) is 10.8. The summed E-state index contributed by atoms with van der Waals surface area (Å²) in [5.74, 6) is -0.195. The van der Waals surface area contributed by atoms with Crippen molar-refractivity contribution in [3.05, 3.63) is 71.6 Å². The van der Waals surface area contributed by atoms with E-state index in [1.807, 2.05) is 66.0 Å². The molecule has 1 amide bonds. The van der Waals surface area contributed by atoms with Crippen LogP contribution in [0.2, 0.25) is 0 Å². The molecule has 1 heterocycles. The molecular formula is C20H23N3O4S2. The lowest BCUT2D eigenvalue weighted by molar-refractivity contribution is -0.117. The van der Waals surface area contributed by atoms with Crippen molar-refractivity contribution in [1.29, 1.82) is 0 Å². The van der Waals surface area contributed by atoms with Gasteiger partial charge in [-0.3, -0.25) is 9.35 Å². The van der Waals surface area contributed by atoms with Gasteiger partial charge in [0.1, 0.15) is 0 Å². The monoisotopic (exact) mass is 433 g/mol. The zero-order chi connectivity index (χ0) is 21.3. The van der Waals surface area contributed by atoms with E-state index in [1.54, 1.807) is 0 Å². The number of nitrogens with two attached hydrogens (primary N) is 1. The lowest BCUT2D eigenvalue weighted by Gasteiger charge is -2.10. The minimum Gasteiger partial charge on any atom is -0.320 e. The van der Waals surface area contributed by atoms with Gasteiger partial charge in [0.15, 0.2) is 5.13 Å². The largest absolute Gasteiger partial charge is 0.320 e. The number of rotatable bonds is 6. The molecule has 0 unspecified atom stereocenters. The van der Waals surface area contributed by atoms with Crippen LogP contribution < -0.4 is 11.1 Å². The van der Waals surface area contributed by atoms with Gasteiger partial charge in [0.25, 0.3) is 10.1 Å². The Morgan fingerprint density at radius 3 is 2.28 bits per heavy atom. The van der Waals surface area contributed by atoms with Crippen LogP contribution in [0.25, 0.3) is 11.3 Å². The molecule has 4 N–H and O–H groups in total. The molecule has 0 saturated carbocycles. The summed E-state index contributed by atoms with van der Waals surface area (Å²) >= 11 is 1.41. The van der Waals surface area contributed by atoms with E-state index in [4.69, 9.17) is 10.3 Å². The number of hydrogen-bond donors (Lipinski definition) is 3. The Morgan fingerprint density at radius 1 is 1.14 bits per heavy atom. The highest BCUT2D eigenvalue weighted by Crippen LogP contribution is 2.24. The van der Waals surface area contributed by atoms with E-state index in [9.17, 15) is 13.2 Å². The third-order valence-corrected chi connectivity index (χ3v) is 4.49. The molecule has 7 nitrogen and oxygen atoms in total. The number of aryl methyl sites for hydroxylation is 1. The van der Waals surface area contributed by atoms with Crippen molar-refractivity contribution in [2.75, 3.05) is 11.6 Å². The fraction of sp³-hybridized carbons (Fsp3) is 0.200. The minimum atomic E-state index is -3.67. The number of nitrogens with one attached hydrogen (secondary N) is 1. The Hall–Kier alpha value is -2.59. The Labute approximate surface area is 174 Å². The first-order valence-electron chi connectivity index (χ1n) is 8.76. The zero-order valence-electron chi connectivity index (χ0n) is 15.9. The first kappa shape index (κ1) is 22.7. The van der Waals surface area contributed by atoms with E-state index in [1.165, 1.54) is 16.9 Å². The summed E-state index contributed by atoms with van der Waals surface area (Å²) in [6, 6.07) is 19.4. The van der Waals surface area contributed by atoms with Gasteiger partial charge in [-0.05, 0) is 18.4 Å². The van der Waals surface area contributed by atoms with Crippen LogP contribution in [0.5, 0.6) is 0 Å². The highest BCUT2D eigenvalue weighted by molar-refractivity contribution is 7.85. The van der Waals surface area contributed by atoms with Gasteiger partial charge in [-0.15, -0.1) is 11.3 Å². The third kappa shape index (κ3) is 8.97. The van der Waals surface area contributed by atoms with Crippen molar-refractivity contribution in [3.63, 3.8) is 0 Å². The van der Waals surface area contributed by atoms with Crippen LogP contribution in [-0.4, -0.2) is 36.2 Å². The van der Waals surface area contributed by atoms with Crippen LogP contribution in [-0.2, 0) is 21.3 Å². The second-order valence-corrected chi connectivity index (χ2v) is 8.58. The van der Waals surface area contributed by atoms with Gasteiger partial charge in [-0.1, -0.05) is 60.7 Å². The Morgan fingerprint density at radius 2 is 1.69 bits per heavy atom. The van der Waals surface area contributed by atoms with Gasteiger partial charge in [0.05, 0.1) is 18.0 Å². The maximum absolute atomic E-state index is 12.2. The van der Waals surface area contributed by atoms with Gasteiger partial charge in [0, 0.05) is 10.9 Å². The van der Waals surface area contributed by atoms with E-state index >= 15 is 0 Å². The highest BCUT2D eigenvalue weighted by Gasteiger charge is 2.15. The van der Waals surface area contributed by atoms with Gasteiger partial charge in [0.2, 0.25) is 5.91 Å². The van der Waals surface area contributed by atoms with Crippen molar-refractivity contribution in [2.45, 2.75) is 18.9 Å². The molecule has 1 aromatic heterocycles. The van der Waals surface area contributed by atoms with Crippen molar-refractivity contribution in [3.8, 4) is 11.3 Å². The lowest BCUT2D eigenvalue weighted by Crippen LogP contribution is -2.35. The average molecular weight is 434 g/mol. The number of benzene rings is 2. The Kier molecular flexibility index (Phi) is 8.47. The summed E-state index contributed by atoms with van der Waals surface area (Å²) in [5, 5.41) is 5.32. The number of thiazole rings is 1. The zero-order valence-corrected chi connectivity index (χ0v) is 17.5. The number of hydrogen-bond acceptors (Lipinski definition) is 6. The normalized spacial score (nSPS) is 11.8. The maximum atomic E-state index is 12.2. The van der Waals surface area contributed by atoms with Crippen molar-refractivity contribution in [1.82, 2.24) is 4.98 Å². The van der Waals surface area contributed by atoms with Crippen molar-refractivity contribution >= 4 is 32.5 Å². The fourth-order valence-corrected chi connectivity index (χ4v) is 3.09. The standard InChI is InChI=1S/C19H19N3OS.CH4O3S/c20-16(12-11-14-7-3-1-4-8-14)18(23)22-19-21-17(13-24-19)15-9-5-2-6-10-15;1-5(2,3)4/h1-10,13,16H,11-12,20H2,(H,21,22,23);1H3,(H,2,3,4)/t16-;/m1./s1. The molecule has 0 bridgehead atoms. The highest BCUT2D eigenvalue weighted by atomic mass is 32.2. The first-order valence-corrected chi connectivity index (χ1v) is 11.5. The SMILES string of the molecule is CS(=O)(=O)O.N[C@H](CCc1ccccc1)C(=O)Nc1nc(-c2ccccc2)cs1. The lowest BCUT2D eigenvalue weighted by atomic mass is 10.1. The Balaban J connectivity index is 0.000000537. The Bertz CT molecular complexity index is 998. The smallest absolute Gasteiger partial charge is 0.261 e. The van der Waals surface area contributed by atoms with Gasteiger partial charge in [-0.25, -0.2) is 4.98 Å². The van der Waals surface area contributed by atoms with E-state index in [2.05, 4.69) is 10.3 Å². The number of aromatic nitrogens is 1. The minimum absolute atomic E-state index is 0.195. The molecule has 29 heavy (non-hydrogen) atoms. The van der Waals surface area contributed by atoms with Gasteiger partial charge >= 0.3 is 0 Å². The van der Waals surface area contributed by atoms with Gasteiger partial charge < -0.3 is 11.1 Å². The summed E-state index contributed by atoms with van der Waals surface area (Å²) in [6.07, 6.45) is 2.10. The fourth-order valence-electron chi connectivity index (χ4n) is 2.37. The van der Waals surface area contributed by atoms with Crippen molar-refractivity contribution < 1.29 is 17.8 Å². The molecular weight excluding hydrogens is 410 g/mol. The summed E-state index contributed by atoms with van der Waals surface area (Å²) in [6.45, 7) is 0. The first-order chi connectivity index (χ1) is 13.7. The van der Waals surface area contributed by atoms with Gasteiger partial charge in [-0.2, -0.15) is 8.42 Å². The summed E-state index contributed by atoms with van der Waals surface area (Å²) in [5.41, 5.74) is 9.06. The van der Waals surface area contributed by atoms with Crippen molar-refractivity contribution in [2.24, 2.45) is 5.73 Å². The van der Waals surface area contributed by atoms with Crippen LogP contribution >= 0.6 is 11.3 Å². The molecule has 3 aromatic rings. The van der Waals surface area contributed by atoms with E-state index in [-0.39, 0.29) is 5.91 Å². The van der Waals surface area contributed by atoms with E-state index in [0.717, 1.165) is 17.7 Å². The number of nitrogens with zero attached hydrogens (tertiary/aromatic N) is 1. The van der Waals surface area contributed by atoms with Crippen LogP contribution in [0.15, 0.2) is 66.0 Å². The molecule has 0 spiro atoms. The van der Waals surface area contributed by atoms with E-state index < -0.39 is 16.2 Å². The molecule has 2 aromatic carbocycles. The molecule has 1 atom stereocenters. The molecule has 0 aliphatic rings. The number of carbonyl (C=O) groups is 1. The summed E-state index contributed by atoms with van der Waals surface area (Å²) in [7, 11) is -3.67. The molecule has 0 aliphatic heterocycles. The van der Waals surface area contributed by atoms with E-state index in [0.29, 0.717) is 17.8 Å². The van der Waals surface area contributed by atoms with Crippen LogP contribution in [0.3, 0.4) is 0 Å². The number of carbonyl (C=O) groups excluding carboxylic acids is 1. The number of anilines is 1. The molecule has 0 aliphatic carbocycles. The summed E-state index contributed by atoms with van der Waals surface area (Å²) in [4.78, 5) is 16.7. The maximum Gasteiger partial charge on any atom is 0.261 e. The second-order valence-electron chi connectivity index (χ2n) is 6.26. The molecule has 0 saturated heterocycles. The predicted octanol–water partition coefficient (Wildman–Crippen LogP) is 3.21. The molecule has 3 rings (SSSR count). The van der Waals surface area contributed by atoms with Crippen LogP contribution in [0.4, 0.5) is 5.13 Å². The molecule has 9 heteroatoms. The number of amides is 1. The third-order valence-electron chi connectivity index (χ3n) is 3.73. The molecule has 0 fully saturated rings. The van der Waals surface area contributed by atoms with Crippen LogP contribution in [0.1, 0.15) is 12.0 Å². The van der Waals surface area contributed by atoms with Crippen LogP contribution in [0, 0.1) is 0 Å². The average Bonchev–Trinajstić information content (AvgIpc) is 3.15. The molecule has 0 radical (unpaired) electrons. The predicted molar refractivity (Wildman–Crippen MR) is 116 cm³/mol.